The molecule has 8 nitrogen and oxygen atoms in total. The SMILES string of the molecule is COC(=O)c1sc(NC(=O)CN2CC(C)(C)Nc3ccccc32)c(C(=O)OC)c1C. The number of benzene rings is 1. The number of carbonyl (C=O) groups is 3. The Hall–Kier alpha value is -3.07. The Balaban J connectivity index is 1.86. The Bertz CT molecular complexity index is 999. The molecule has 0 fully saturated rings. The number of rotatable bonds is 5. The van der Waals surface area contributed by atoms with Gasteiger partial charge in [0.1, 0.15) is 9.88 Å². The van der Waals surface area contributed by atoms with E-state index in [1.807, 2.05) is 29.2 Å². The largest absolute Gasteiger partial charge is 0.465 e. The van der Waals surface area contributed by atoms with Crippen LogP contribution in [0.2, 0.25) is 0 Å². The zero-order valence-electron chi connectivity index (χ0n) is 17.6. The van der Waals surface area contributed by atoms with E-state index >= 15 is 0 Å². The topological polar surface area (TPSA) is 97.0 Å². The molecule has 2 N–H and O–H groups in total. The van der Waals surface area contributed by atoms with E-state index in [2.05, 4.69) is 24.5 Å². The molecule has 30 heavy (non-hydrogen) atoms. The number of fused-ring (bicyclic) bond motifs is 1. The summed E-state index contributed by atoms with van der Waals surface area (Å²) in [5.41, 5.74) is 2.25. The smallest absolute Gasteiger partial charge is 0.348 e. The maximum atomic E-state index is 12.9. The Morgan fingerprint density at radius 2 is 1.83 bits per heavy atom. The van der Waals surface area contributed by atoms with Crippen molar-refractivity contribution in [2.24, 2.45) is 0 Å². The predicted octanol–water partition coefficient (Wildman–Crippen LogP) is 3.28. The van der Waals surface area contributed by atoms with Gasteiger partial charge >= 0.3 is 11.9 Å². The lowest BCUT2D eigenvalue weighted by molar-refractivity contribution is -0.115. The number of carbonyl (C=O) groups excluding carboxylic acids is 3. The van der Waals surface area contributed by atoms with Gasteiger partial charge in [-0.25, -0.2) is 9.59 Å². The lowest BCUT2D eigenvalue weighted by atomic mass is 9.99. The van der Waals surface area contributed by atoms with Gasteiger partial charge in [-0.15, -0.1) is 11.3 Å². The lowest BCUT2D eigenvalue weighted by Gasteiger charge is -2.41. The zero-order chi connectivity index (χ0) is 22.1. The van der Waals surface area contributed by atoms with Crippen LogP contribution in [0.5, 0.6) is 0 Å². The maximum absolute atomic E-state index is 12.9. The van der Waals surface area contributed by atoms with Crippen LogP contribution in [0.1, 0.15) is 39.4 Å². The molecule has 0 saturated heterocycles. The number of esters is 2. The fraction of sp³-hybridized carbons (Fsp3) is 0.381. The van der Waals surface area contributed by atoms with Crippen LogP contribution in [0, 0.1) is 6.92 Å². The fourth-order valence-corrected chi connectivity index (χ4v) is 4.67. The van der Waals surface area contributed by atoms with Crippen LogP contribution in [0.3, 0.4) is 0 Å². The third-order valence-electron chi connectivity index (χ3n) is 4.80. The molecule has 1 amide bonds. The number of methoxy groups -OCH3 is 2. The molecule has 0 atom stereocenters. The van der Waals surface area contributed by atoms with Crippen LogP contribution in [0.25, 0.3) is 0 Å². The summed E-state index contributed by atoms with van der Waals surface area (Å²) in [6.07, 6.45) is 0. The van der Waals surface area contributed by atoms with Crippen LogP contribution < -0.4 is 15.5 Å². The first kappa shape index (κ1) is 21.6. The second kappa shape index (κ2) is 8.35. The predicted molar refractivity (Wildman–Crippen MR) is 117 cm³/mol. The highest BCUT2D eigenvalue weighted by molar-refractivity contribution is 7.18. The van der Waals surface area contributed by atoms with Crippen molar-refractivity contribution in [3.8, 4) is 0 Å². The van der Waals surface area contributed by atoms with E-state index in [1.165, 1.54) is 14.2 Å². The van der Waals surface area contributed by atoms with E-state index in [4.69, 9.17) is 9.47 Å². The van der Waals surface area contributed by atoms with Gasteiger partial charge in [0.05, 0.1) is 37.7 Å². The van der Waals surface area contributed by atoms with E-state index in [0.717, 1.165) is 22.7 Å². The van der Waals surface area contributed by atoms with Gasteiger partial charge in [-0.05, 0) is 38.5 Å². The summed E-state index contributed by atoms with van der Waals surface area (Å²) >= 11 is 1.00. The fourth-order valence-electron chi connectivity index (χ4n) is 3.54. The van der Waals surface area contributed by atoms with Gasteiger partial charge < -0.3 is 25.0 Å². The van der Waals surface area contributed by atoms with Gasteiger partial charge in [0.15, 0.2) is 0 Å². The number of anilines is 3. The second-order valence-corrected chi connectivity index (χ2v) is 8.69. The van der Waals surface area contributed by atoms with Crippen LogP contribution >= 0.6 is 11.3 Å². The van der Waals surface area contributed by atoms with Crippen LogP contribution in [0.4, 0.5) is 16.4 Å². The highest BCUT2D eigenvalue weighted by Crippen LogP contribution is 2.36. The molecule has 1 aliphatic rings. The van der Waals surface area contributed by atoms with Crippen molar-refractivity contribution < 1.29 is 23.9 Å². The van der Waals surface area contributed by atoms with Crippen molar-refractivity contribution in [1.82, 2.24) is 0 Å². The summed E-state index contributed by atoms with van der Waals surface area (Å²) in [7, 11) is 2.52. The van der Waals surface area contributed by atoms with Crippen molar-refractivity contribution in [2.45, 2.75) is 26.3 Å². The molecular formula is C21H25N3O5S. The molecule has 9 heteroatoms. The molecule has 1 aliphatic heterocycles. The van der Waals surface area contributed by atoms with Crippen molar-refractivity contribution in [3.63, 3.8) is 0 Å². The lowest BCUT2D eigenvalue weighted by Crippen LogP contribution is -2.50. The first-order valence-corrected chi connectivity index (χ1v) is 10.2. The van der Waals surface area contributed by atoms with Crippen molar-refractivity contribution in [3.05, 3.63) is 40.3 Å². The molecule has 3 rings (SSSR count). The number of nitrogens with zero attached hydrogens (tertiary/aromatic N) is 1. The molecule has 2 aromatic rings. The molecule has 160 valence electrons. The molecule has 0 aliphatic carbocycles. The molecule has 0 radical (unpaired) electrons. The normalized spacial score (nSPS) is 14.4. The Labute approximate surface area is 179 Å². The Kier molecular flexibility index (Phi) is 6.02. The number of thiophene rings is 1. The van der Waals surface area contributed by atoms with Gasteiger partial charge in [-0.1, -0.05) is 12.1 Å². The van der Waals surface area contributed by atoms with Gasteiger partial charge in [0, 0.05) is 12.1 Å². The van der Waals surface area contributed by atoms with Gasteiger partial charge in [-0.2, -0.15) is 0 Å². The van der Waals surface area contributed by atoms with E-state index < -0.39 is 11.9 Å². The molecule has 2 heterocycles. The third kappa shape index (κ3) is 4.25. The quantitative estimate of drug-likeness (QED) is 0.701. The average Bonchev–Trinajstić information content (AvgIpc) is 3.01. The third-order valence-corrected chi connectivity index (χ3v) is 5.99. The summed E-state index contributed by atoms with van der Waals surface area (Å²) in [6.45, 7) is 6.47. The Morgan fingerprint density at radius 3 is 2.50 bits per heavy atom. The highest BCUT2D eigenvalue weighted by atomic mass is 32.1. The summed E-state index contributed by atoms with van der Waals surface area (Å²) < 4.78 is 9.61. The van der Waals surface area contributed by atoms with Crippen molar-refractivity contribution >= 4 is 45.6 Å². The van der Waals surface area contributed by atoms with Crippen molar-refractivity contribution in [2.75, 3.05) is 42.8 Å². The first-order chi connectivity index (χ1) is 14.2. The minimum atomic E-state index is -0.622. The van der Waals surface area contributed by atoms with Gasteiger partial charge in [0.2, 0.25) is 5.91 Å². The number of nitrogens with one attached hydrogen (secondary N) is 2. The number of ether oxygens (including phenoxy) is 2. The van der Waals surface area contributed by atoms with Crippen LogP contribution in [-0.2, 0) is 14.3 Å². The molecular weight excluding hydrogens is 406 g/mol. The summed E-state index contributed by atoms with van der Waals surface area (Å²) in [5, 5.41) is 6.52. The molecule has 1 aromatic heterocycles. The molecule has 0 saturated carbocycles. The number of amides is 1. The summed E-state index contributed by atoms with van der Waals surface area (Å²) in [4.78, 5) is 39.4. The van der Waals surface area contributed by atoms with E-state index in [9.17, 15) is 14.4 Å². The highest BCUT2D eigenvalue weighted by Gasteiger charge is 2.31. The van der Waals surface area contributed by atoms with Crippen LogP contribution in [0.15, 0.2) is 24.3 Å². The average molecular weight is 432 g/mol. The zero-order valence-corrected chi connectivity index (χ0v) is 18.4. The molecule has 0 unspecified atom stereocenters. The second-order valence-electron chi connectivity index (χ2n) is 7.67. The standard InChI is InChI=1S/C21H25N3O5S/c1-12-16(19(26)28-4)18(30-17(12)20(27)29-5)22-15(25)10-24-11-21(2,3)23-13-8-6-7-9-14(13)24/h6-9,23H,10-11H2,1-5H3,(H,22,25). The maximum Gasteiger partial charge on any atom is 0.348 e. The van der Waals surface area contributed by atoms with Gasteiger partial charge in [0.25, 0.3) is 0 Å². The number of hydrogen-bond acceptors (Lipinski definition) is 8. The van der Waals surface area contributed by atoms with E-state index in [1.54, 1.807) is 6.92 Å². The minimum absolute atomic E-state index is 0.0905. The van der Waals surface area contributed by atoms with E-state index in [0.29, 0.717) is 12.1 Å². The molecule has 0 spiro atoms. The Morgan fingerprint density at radius 1 is 1.17 bits per heavy atom. The monoisotopic (exact) mass is 431 g/mol. The van der Waals surface area contributed by atoms with Gasteiger partial charge in [-0.3, -0.25) is 4.79 Å². The summed E-state index contributed by atoms with van der Waals surface area (Å²) in [5.74, 6) is -1.49. The minimum Gasteiger partial charge on any atom is -0.465 e. The van der Waals surface area contributed by atoms with Crippen molar-refractivity contribution in [1.29, 1.82) is 0 Å². The van der Waals surface area contributed by atoms with Crippen LogP contribution in [-0.4, -0.2) is 50.7 Å². The summed E-state index contributed by atoms with van der Waals surface area (Å²) in [6, 6.07) is 7.79. The molecule has 0 bridgehead atoms. The van der Waals surface area contributed by atoms with E-state index in [-0.39, 0.29) is 33.4 Å². The number of hydrogen-bond donors (Lipinski definition) is 2. The first-order valence-electron chi connectivity index (χ1n) is 9.39. The number of para-hydroxylation sites is 2. The molecule has 1 aromatic carbocycles.